The summed E-state index contributed by atoms with van der Waals surface area (Å²) in [5.74, 6) is -0.884. The number of nitrogens with one attached hydrogen (secondary N) is 1. The van der Waals surface area contributed by atoms with E-state index >= 15 is 0 Å². The van der Waals surface area contributed by atoms with Crippen LogP contribution in [0.25, 0.3) is 0 Å². The van der Waals surface area contributed by atoms with Crippen LogP contribution in [0.4, 0.5) is 18.9 Å². The zero-order valence-corrected chi connectivity index (χ0v) is 23.3. The predicted octanol–water partition coefficient (Wildman–Crippen LogP) is 5.85. The first kappa shape index (κ1) is 28.7. The number of carbonyl (C=O) groups is 2. The molecule has 1 saturated heterocycles. The van der Waals surface area contributed by atoms with Crippen LogP contribution in [0, 0.1) is 11.3 Å². The van der Waals surface area contributed by atoms with E-state index in [1.807, 2.05) is 13.1 Å². The van der Waals surface area contributed by atoms with Crippen molar-refractivity contribution in [2.24, 2.45) is 11.3 Å². The van der Waals surface area contributed by atoms with E-state index < -0.39 is 23.2 Å². The molecular formula is C30H35ClF3N3O3. The van der Waals surface area contributed by atoms with Gasteiger partial charge in [-0.15, -0.1) is 0 Å². The number of rotatable bonds is 9. The number of nitrogens with zero attached hydrogens (tertiary/aromatic N) is 2. The van der Waals surface area contributed by atoms with Crippen LogP contribution in [0.2, 0.25) is 5.02 Å². The molecule has 2 aromatic carbocycles. The molecule has 0 unspecified atom stereocenters. The van der Waals surface area contributed by atoms with E-state index in [9.17, 15) is 27.9 Å². The van der Waals surface area contributed by atoms with Crippen molar-refractivity contribution in [2.75, 3.05) is 32.0 Å². The van der Waals surface area contributed by atoms with E-state index in [4.69, 9.17) is 11.6 Å². The molecule has 1 spiro atoms. The second kappa shape index (κ2) is 10.9. The van der Waals surface area contributed by atoms with Gasteiger partial charge in [0.05, 0.1) is 10.6 Å². The van der Waals surface area contributed by atoms with Gasteiger partial charge in [0.25, 0.3) is 17.4 Å². The van der Waals surface area contributed by atoms with Crippen molar-refractivity contribution in [1.82, 2.24) is 9.80 Å². The molecule has 1 heterocycles. The van der Waals surface area contributed by atoms with Gasteiger partial charge >= 0.3 is 6.18 Å². The number of hydrogen-bond acceptors (Lipinski definition) is 4. The first-order chi connectivity index (χ1) is 19.0. The van der Waals surface area contributed by atoms with Gasteiger partial charge in [-0.25, -0.2) is 0 Å². The van der Waals surface area contributed by atoms with E-state index in [0.717, 1.165) is 56.5 Å². The number of alkyl halides is 3. The molecule has 3 aliphatic rings. The minimum absolute atomic E-state index is 0.0611. The van der Waals surface area contributed by atoms with Crippen molar-refractivity contribution in [2.45, 2.75) is 62.8 Å². The molecule has 2 atom stereocenters. The van der Waals surface area contributed by atoms with E-state index in [1.54, 1.807) is 23.1 Å². The summed E-state index contributed by atoms with van der Waals surface area (Å²) in [6.07, 6.45) is 1.13. The lowest BCUT2D eigenvalue weighted by Crippen LogP contribution is -2.57. The SMILES string of the molecule is CN(C(=O)c1ccc(NCCC[C@@H]2CC23CCN(C(=O)[C@](O)(c2ccccc2)C(F)(F)F)CC3)cc1Cl)C1CC1. The Kier molecular flexibility index (Phi) is 7.83. The Morgan fingerprint density at radius 1 is 1.12 bits per heavy atom. The third-order valence-corrected chi connectivity index (χ3v) is 9.30. The molecule has 2 saturated carbocycles. The standard InChI is InChI=1S/C30H35ClF3N3O3/c1-36(23-10-11-23)26(38)24-12-9-22(18-25(24)31)35-15-5-8-21-19-28(21)13-16-37(17-14-28)27(39)29(40,30(32,33)34)20-6-3-2-4-7-20/h2-4,6-7,9,12,18,21,23,35,40H,5,8,10-11,13-17,19H2,1H3/t21-,29-/m1/s1. The highest BCUT2D eigenvalue weighted by molar-refractivity contribution is 6.34. The minimum atomic E-state index is -5.12. The molecule has 2 N–H and O–H groups in total. The molecule has 6 nitrogen and oxygen atoms in total. The number of amides is 2. The summed E-state index contributed by atoms with van der Waals surface area (Å²) in [5, 5.41) is 14.4. The average molecular weight is 578 g/mol. The lowest BCUT2D eigenvalue weighted by Gasteiger charge is -2.39. The Morgan fingerprint density at radius 3 is 2.40 bits per heavy atom. The van der Waals surface area contributed by atoms with Crippen LogP contribution in [-0.4, -0.2) is 65.6 Å². The fourth-order valence-corrected chi connectivity index (χ4v) is 6.38. The third kappa shape index (κ3) is 5.55. The highest BCUT2D eigenvalue weighted by Gasteiger charge is 2.63. The highest BCUT2D eigenvalue weighted by Crippen LogP contribution is 2.61. The van der Waals surface area contributed by atoms with E-state index in [1.165, 1.54) is 17.0 Å². The molecule has 2 aliphatic carbocycles. The zero-order chi connectivity index (χ0) is 28.7. The first-order valence-electron chi connectivity index (χ1n) is 13.9. The summed E-state index contributed by atoms with van der Waals surface area (Å²) < 4.78 is 41.8. The van der Waals surface area contributed by atoms with Crippen LogP contribution < -0.4 is 5.32 Å². The van der Waals surface area contributed by atoms with Crippen molar-refractivity contribution in [3.63, 3.8) is 0 Å². The number of hydrogen-bond donors (Lipinski definition) is 2. The molecule has 0 bridgehead atoms. The Bertz CT molecular complexity index is 1250. The molecule has 3 fully saturated rings. The molecule has 40 heavy (non-hydrogen) atoms. The second-order valence-corrected chi connectivity index (χ2v) is 11.9. The van der Waals surface area contributed by atoms with Gasteiger partial charge in [-0.1, -0.05) is 41.9 Å². The maximum Gasteiger partial charge on any atom is 0.430 e. The molecule has 1 aliphatic heterocycles. The van der Waals surface area contributed by atoms with Crippen molar-refractivity contribution in [3.8, 4) is 0 Å². The van der Waals surface area contributed by atoms with Gasteiger partial charge in [0.1, 0.15) is 0 Å². The third-order valence-electron chi connectivity index (χ3n) is 8.99. The summed E-state index contributed by atoms with van der Waals surface area (Å²) in [6.45, 7) is 1.15. The van der Waals surface area contributed by atoms with Crippen LogP contribution in [0.3, 0.4) is 0 Å². The molecular weight excluding hydrogens is 543 g/mol. The maximum absolute atomic E-state index is 13.9. The van der Waals surface area contributed by atoms with E-state index in [-0.39, 0.29) is 24.4 Å². The minimum Gasteiger partial charge on any atom is -0.385 e. The van der Waals surface area contributed by atoms with Crippen LogP contribution in [0.1, 0.15) is 60.9 Å². The van der Waals surface area contributed by atoms with Gasteiger partial charge in [-0.2, -0.15) is 13.2 Å². The van der Waals surface area contributed by atoms with Crippen molar-refractivity contribution >= 4 is 29.1 Å². The number of aliphatic hydroxyl groups is 1. The van der Waals surface area contributed by atoms with Crippen LogP contribution in [-0.2, 0) is 10.4 Å². The number of halogens is 4. The summed E-state index contributed by atoms with van der Waals surface area (Å²) in [6, 6.07) is 12.3. The highest BCUT2D eigenvalue weighted by atomic mass is 35.5. The molecule has 2 amide bonds. The number of likely N-dealkylation sites (tertiary alicyclic amines) is 1. The monoisotopic (exact) mass is 577 g/mol. The summed E-state index contributed by atoms with van der Waals surface area (Å²) in [7, 11) is 1.81. The molecule has 10 heteroatoms. The lowest BCUT2D eigenvalue weighted by atomic mass is 9.86. The summed E-state index contributed by atoms with van der Waals surface area (Å²) in [4.78, 5) is 28.5. The second-order valence-electron chi connectivity index (χ2n) is 11.5. The van der Waals surface area contributed by atoms with Crippen LogP contribution in [0.5, 0.6) is 0 Å². The van der Waals surface area contributed by atoms with Gasteiger partial charge in [0.2, 0.25) is 0 Å². The maximum atomic E-state index is 13.9. The molecule has 216 valence electrons. The van der Waals surface area contributed by atoms with Crippen LogP contribution >= 0.6 is 11.6 Å². The number of carbonyl (C=O) groups excluding carboxylic acids is 2. The Hall–Kier alpha value is -2.78. The van der Waals surface area contributed by atoms with Gasteiger partial charge in [0, 0.05) is 44.0 Å². The first-order valence-corrected chi connectivity index (χ1v) is 14.3. The quantitative estimate of drug-likeness (QED) is 0.367. The van der Waals surface area contributed by atoms with Crippen molar-refractivity contribution in [3.05, 3.63) is 64.7 Å². The largest absolute Gasteiger partial charge is 0.430 e. The predicted molar refractivity (Wildman–Crippen MR) is 147 cm³/mol. The topological polar surface area (TPSA) is 72.9 Å². The van der Waals surface area contributed by atoms with E-state index in [0.29, 0.717) is 35.4 Å². The van der Waals surface area contributed by atoms with Crippen molar-refractivity contribution in [1.29, 1.82) is 0 Å². The molecule has 5 rings (SSSR count). The number of piperidine rings is 1. The van der Waals surface area contributed by atoms with Gasteiger partial charge in [-0.3, -0.25) is 9.59 Å². The Labute approximate surface area is 237 Å². The number of anilines is 1. The smallest absolute Gasteiger partial charge is 0.385 e. The molecule has 0 radical (unpaired) electrons. The van der Waals surface area contributed by atoms with Crippen LogP contribution in [0.15, 0.2) is 48.5 Å². The van der Waals surface area contributed by atoms with E-state index in [2.05, 4.69) is 5.32 Å². The zero-order valence-electron chi connectivity index (χ0n) is 22.5. The average Bonchev–Trinajstić information content (AvgIpc) is 3.87. The van der Waals surface area contributed by atoms with Gasteiger partial charge in [0.15, 0.2) is 0 Å². The Morgan fingerprint density at radius 2 is 1.80 bits per heavy atom. The fourth-order valence-electron chi connectivity index (χ4n) is 6.12. The van der Waals surface area contributed by atoms with Crippen molar-refractivity contribution < 1.29 is 27.9 Å². The fraction of sp³-hybridized carbons (Fsp3) is 0.533. The summed E-state index contributed by atoms with van der Waals surface area (Å²) >= 11 is 6.39. The van der Waals surface area contributed by atoms with Gasteiger partial charge in [-0.05, 0) is 74.5 Å². The molecule has 2 aromatic rings. The summed E-state index contributed by atoms with van der Waals surface area (Å²) in [5.41, 5.74) is -2.58. The van der Waals surface area contributed by atoms with Gasteiger partial charge < -0.3 is 20.2 Å². The Balaban J connectivity index is 1.08. The lowest BCUT2D eigenvalue weighted by molar-refractivity contribution is -0.262. The number of benzene rings is 2. The molecule has 0 aromatic heterocycles. The normalized spacial score (nSPS) is 21.6.